The summed E-state index contributed by atoms with van der Waals surface area (Å²) in [7, 11) is 0. The van der Waals surface area contributed by atoms with Gasteiger partial charge >= 0.3 is 0 Å². The maximum atomic E-state index is 10.5. The lowest BCUT2D eigenvalue weighted by Crippen LogP contribution is -1.86. The Bertz CT molecular complexity index is 236. The molecule has 0 atom stereocenters. The van der Waals surface area contributed by atoms with E-state index in [0.717, 1.165) is 12.8 Å². The van der Waals surface area contributed by atoms with Gasteiger partial charge in [0.15, 0.2) is 0 Å². The number of unbranched alkanes of at least 4 members (excludes halogenated alkanes) is 11. The van der Waals surface area contributed by atoms with Crippen LogP contribution in [0.3, 0.4) is 0 Å². The Morgan fingerprint density at radius 2 is 1.20 bits per heavy atom. The Morgan fingerprint density at radius 1 is 0.750 bits per heavy atom. The molecule has 0 unspecified atom stereocenters. The van der Waals surface area contributed by atoms with Crippen LogP contribution < -0.4 is 0 Å². The van der Waals surface area contributed by atoms with E-state index in [1.807, 2.05) is 0 Å². The molecule has 0 spiro atoms. The monoisotopic (exact) mass is 300 g/mol. The Labute approximate surface area is 131 Å². The number of rotatable bonds is 15. The fourth-order valence-electron chi connectivity index (χ4n) is 2.33. The first kappa shape index (κ1) is 19.7. The van der Waals surface area contributed by atoms with E-state index in [4.69, 9.17) is 11.6 Å². The fourth-order valence-corrected chi connectivity index (χ4v) is 2.47. The predicted octanol–water partition coefficient (Wildman–Crippen LogP) is 6.79. The zero-order valence-corrected chi connectivity index (χ0v) is 14.1. The molecule has 0 N–H and O–H groups in total. The molecule has 0 aliphatic heterocycles. The van der Waals surface area contributed by atoms with Crippen LogP contribution >= 0.6 is 11.6 Å². The molecular weight excluding hydrogens is 268 g/mol. The van der Waals surface area contributed by atoms with Crippen LogP contribution in [0.5, 0.6) is 0 Å². The van der Waals surface area contributed by atoms with Crippen LogP contribution in [-0.2, 0) is 4.79 Å². The van der Waals surface area contributed by atoms with Crippen molar-refractivity contribution in [1.29, 1.82) is 0 Å². The molecule has 0 heterocycles. The molecule has 2 heteroatoms. The summed E-state index contributed by atoms with van der Waals surface area (Å²) in [6.07, 6.45) is 21.9. The van der Waals surface area contributed by atoms with Crippen molar-refractivity contribution in [3.63, 3.8) is 0 Å². The smallest absolute Gasteiger partial charge is 0.221 e. The number of hydrogen-bond acceptors (Lipinski definition) is 1. The first-order valence-electron chi connectivity index (χ1n) is 8.60. The van der Waals surface area contributed by atoms with E-state index < -0.39 is 0 Å². The largest absolute Gasteiger partial charge is 0.281 e. The van der Waals surface area contributed by atoms with Gasteiger partial charge < -0.3 is 0 Å². The summed E-state index contributed by atoms with van der Waals surface area (Å²) in [5.41, 5.74) is 0. The summed E-state index contributed by atoms with van der Waals surface area (Å²) in [6.45, 7) is 2.26. The zero-order valence-electron chi connectivity index (χ0n) is 13.3. The minimum Gasteiger partial charge on any atom is -0.281 e. The highest BCUT2D eigenvalue weighted by Crippen LogP contribution is 2.10. The van der Waals surface area contributed by atoms with Crippen LogP contribution in [0.15, 0.2) is 12.2 Å². The van der Waals surface area contributed by atoms with E-state index in [0.29, 0.717) is 6.42 Å². The van der Waals surface area contributed by atoms with Crippen LogP contribution in [0, 0.1) is 0 Å². The molecule has 118 valence electrons. The second kappa shape index (κ2) is 16.8. The van der Waals surface area contributed by atoms with E-state index in [2.05, 4.69) is 19.1 Å². The third kappa shape index (κ3) is 17.7. The molecule has 0 saturated carbocycles. The summed E-state index contributed by atoms with van der Waals surface area (Å²) in [5.74, 6) is 0. The van der Waals surface area contributed by atoms with Gasteiger partial charge in [0.25, 0.3) is 0 Å². The van der Waals surface area contributed by atoms with Crippen LogP contribution in [0.1, 0.15) is 96.8 Å². The lowest BCUT2D eigenvalue weighted by Gasteiger charge is -1.99. The Balaban J connectivity index is 3.06. The van der Waals surface area contributed by atoms with Crippen molar-refractivity contribution >= 4 is 16.8 Å². The average molecular weight is 301 g/mol. The van der Waals surface area contributed by atoms with Crippen molar-refractivity contribution in [2.45, 2.75) is 96.8 Å². The van der Waals surface area contributed by atoms with Gasteiger partial charge in [-0.05, 0) is 43.7 Å². The number of allylic oxidation sites excluding steroid dienone is 2. The van der Waals surface area contributed by atoms with Gasteiger partial charge in [-0.2, -0.15) is 0 Å². The summed E-state index contributed by atoms with van der Waals surface area (Å²) in [5, 5.41) is -0.190. The molecule has 0 aliphatic rings. The van der Waals surface area contributed by atoms with Crippen LogP contribution in [-0.4, -0.2) is 5.24 Å². The Kier molecular flexibility index (Phi) is 16.5. The normalized spacial score (nSPS) is 11.3. The Morgan fingerprint density at radius 3 is 1.70 bits per heavy atom. The molecule has 0 aromatic heterocycles. The third-order valence-corrected chi connectivity index (χ3v) is 3.82. The number of carbonyl (C=O) groups is 1. The summed E-state index contributed by atoms with van der Waals surface area (Å²) in [6, 6.07) is 0. The minimum atomic E-state index is -0.190. The van der Waals surface area contributed by atoms with Gasteiger partial charge in [0.05, 0.1) is 0 Å². The molecular formula is C18H33ClO. The zero-order chi connectivity index (χ0) is 14.9. The highest BCUT2D eigenvalue weighted by Gasteiger charge is 1.95. The SMILES string of the molecule is CCCCCCC/C=C/CCCCCCCCC(=O)Cl. The van der Waals surface area contributed by atoms with Gasteiger partial charge in [0.1, 0.15) is 0 Å². The molecule has 0 aromatic rings. The number of hydrogen-bond donors (Lipinski definition) is 0. The molecule has 0 rings (SSSR count). The van der Waals surface area contributed by atoms with Crippen molar-refractivity contribution in [3.8, 4) is 0 Å². The van der Waals surface area contributed by atoms with Crippen molar-refractivity contribution in [1.82, 2.24) is 0 Å². The van der Waals surface area contributed by atoms with E-state index in [9.17, 15) is 4.79 Å². The molecule has 0 amide bonds. The third-order valence-electron chi connectivity index (χ3n) is 3.64. The molecule has 0 saturated heterocycles. The summed E-state index contributed by atoms with van der Waals surface area (Å²) < 4.78 is 0. The van der Waals surface area contributed by atoms with Crippen molar-refractivity contribution < 1.29 is 4.79 Å². The summed E-state index contributed by atoms with van der Waals surface area (Å²) >= 11 is 5.29. The number of carbonyl (C=O) groups excluding carboxylic acids is 1. The van der Waals surface area contributed by atoms with Crippen molar-refractivity contribution in [2.75, 3.05) is 0 Å². The second-order valence-corrected chi connectivity index (χ2v) is 6.11. The molecule has 0 radical (unpaired) electrons. The van der Waals surface area contributed by atoms with E-state index in [-0.39, 0.29) is 5.24 Å². The average Bonchev–Trinajstić information content (AvgIpc) is 2.43. The van der Waals surface area contributed by atoms with E-state index in [1.54, 1.807) is 0 Å². The number of halogens is 1. The van der Waals surface area contributed by atoms with Gasteiger partial charge in [-0.25, -0.2) is 0 Å². The maximum Gasteiger partial charge on any atom is 0.221 e. The molecule has 20 heavy (non-hydrogen) atoms. The fraction of sp³-hybridized carbons (Fsp3) is 0.833. The molecule has 1 nitrogen and oxygen atoms in total. The quantitative estimate of drug-likeness (QED) is 0.185. The van der Waals surface area contributed by atoms with Crippen LogP contribution in [0.25, 0.3) is 0 Å². The maximum absolute atomic E-state index is 10.5. The van der Waals surface area contributed by atoms with E-state index in [1.165, 1.54) is 70.6 Å². The minimum absolute atomic E-state index is 0.190. The van der Waals surface area contributed by atoms with Gasteiger partial charge in [-0.1, -0.05) is 70.4 Å². The predicted molar refractivity (Wildman–Crippen MR) is 90.3 cm³/mol. The lowest BCUT2D eigenvalue weighted by molar-refractivity contribution is -0.111. The molecule has 0 aromatic carbocycles. The molecule has 0 aliphatic carbocycles. The standard InChI is InChI=1S/C18H33ClO/c1-2-3-4-5-6-7-8-9-10-11-12-13-14-15-16-17-18(19)20/h8-9H,2-7,10-17H2,1H3/b9-8+. The first-order valence-corrected chi connectivity index (χ1v) is 8.98. The highest BCUT2D eigenvalue weighted by molar-refractivity contribution is 6.63. The second-order valence-electron chi connectivity index (χ2n) is 5.69. The molecule has 0 fully saturated rings. The van der Waals surface area contributed by atoms with Gasteiger partial charge in [0, 0.05) is 6.42 Å². The van der Waals surface area contributed by atoms with Gasteiger partial charge in [-0.3, -0.25) is 4.79 Å². The van der Waals surface area contributed by atoms with E-state index >= 15 is 0 Å². The van der Waals surface area contributed by atoms with Crippen LogP contribution in [0.4, 0.5) is 0 Å². The van der Waals surface area contributed by atoms with Crippen molar-refractivity contribution in [2.24, 2.45) is 0 Å². The topological polar surface area (TPSA) is 17.1 Å². The van der Waals surface area contributed by atoms with Crippen molar-refractivity contribution in [3.05, 3.63) is 12.2 Å². The highest BCUT2D eigenvalue weighted by atomic mass is 35.5. The van der Waals surface area contributed by atoms with Gasteiger partial charge in [-0.15, -0.1) is 0 Å². The summed E-state index contributed by atoms with van der Waals surface area (Å²) in [4.78, 5) is 10.5. The van der Waals surface area contributed by atoms with Crippen LogP contribution in [0.2, 0.25) is 0 Å². The Hall–Kier alpha value is -0.300. The first-order chi connectivity index (χ1) is 9.77. The van der Waals surface area contributed by atoms with Gasteiger partial charge in [0.2, 0.25) is 5.24 Å². The lowest BCUT2D eigenvalue weighted by atomic mass is 10.1. The molecule has 0 bridgehead atoms.